The van der Waals surface area contributed by atoms with Gasteiger partial charge in [0.25, 0.3) is 0 Å². The molecule has 0 saturated heterocycles. The zero-order chi connectivity index (χ0) is 14.9. The van der Waals surface area contributed by atoms with Crippen molar-refractivity contribution in [1.82, 2.24) is 0 Å². The quantitative estimate of drug-likeness (QED) is 0.376. The van der Waals surface area contributed by atoms with Gasteiger partial charge in [0.05, 0.1) is 25.5 Å². The number of benzene rings is 1. The predicted molar refractivity (Wildman–Crippen MR) is 88.3 cm³/mol. The van der Waals surface area contributed by atoms with E-state index in [1.807, 2.05) is 18.2 Å². The van der Waals surface area contributed by atoms with Crippen molar-refractivity contribution in [2.75, 3.05) is 36.6 Å². The van der Waals surface area contributed by atoms with E-state index in [2.05, 4.69) is 16.2 Å². The summed E-state index contributed by atoms with van der Waals surface area (Å²) in [5, 5.41) is 3.05. The van der Waals surface area contributed by atoms with Gasteiger partial charge < -0.3 is 20.5 Å². The number of guanidine groups is 1. The zero-order valence-corrected chi connectivity index (χ0v) is 12.6. The summed E-state index contributed by atoms with van der Waals surface area (Å²) >= 11 is 1.66. The molecule has 0 fully saturated rings. The summed E-state index contributed by atoms with van der Waals surface area (Å²) in [6, 6.07) is 5.64. The Kier molecular flexibility index (Phi) is 6.10. The molecule has 1 aliphatic rings. The molecule has 112 valence electrons. The Morgan fingerprint density at radius 3 is 3.00 bits per heavy atom. The molecule has 1 aromatic carbocycles. The van der Waals surface area contributed by atoms with E-state index >= 15 is 0 Å². The summed E-state index contributed by atoms with van der Waals surface area (Å²) in [5.74, 6) is 6.00. The van der Waals surface area contributed by atoms with Gasteiger partial charge in [-0.1, -0.05) is 5.92 Å². The van der Waals surface area contributed by atoms with E-state index < -0.39 is 0 Å². The van der Waals surface area contributed by atoms with Crippen LogP contribution in [0.3, 0.4) is 0 Å². The zero-order valence-electron chi connectivity index (χ0n) is 11.8. The van der Waals surface area contributed by atoms with Crippen molar-refractivity contribution < 1.29 is 9.47 Å². The van der Waals surface area contributed by atoms with Gasteiger partial charge in [0, 0.05) is 23.9 Å². The van der Waals surface area contributed by atoms with Crippen LogP contribution in [0.25, 0.3) is 0 Å². The molecule has 0 saturated carbocycles. The molecular weight excluding hydrogens is 286 g/mol. The number of ether oxygens (including phenoxy) is 2. The number of rotatable bonds is 5. The Balaban J connectivity index is 1.89. The Morgan fingerprint density at radius 2 is 2.19 bits per heavy atom. The molecule has 3 N–H and O–H groups in total. The smallest absolute Gasteiger partial charge is 0.193 e. The Bertz CT molecular complexity index is 540. The van der Waals surface area contributed by atoms with E-state index in [0.717, 1.165) is 29.4 Å². The Morgan fingerprint density at radius 1 is 1.38 bits per heavy atom. The normalized spacial score (nSPS) is 14.1. The highest BCUT2D eigenvalue weighted by atomic mass is 32.2. The first-order valence-corrected chi connectivity index (χ1v) is 7.93. The van der Waals surface area contributed by atoms with Gasteiger partial charge in [-0.05, 0) is 12.1 Å². The summed E-state index contributed by atoms with van der Waals surface area (Å²) in [6.07, 6.45) is 6.06. The second-order valence-corrected chi connectivity index (χ2v) is 5.47. The molecule has 21 heavy (non-hydrogen) atoms. The van der Waals surface area contributed by atoms with E-state index in [-0.39, 0.29) is 0 Å². The lowest BCUT2D eigenvalue weighted by Crippen LogP contribution is -2.23. The molecule has 1 heterocycles. The van der Waals surface area contributed by atoms with Crippen LogP contribution in [0.4, 0.5) is 5.69 Å². The fourth-order valence-corrected chi connectivity index (χ4v) is 2.27. The molecule has 0 spiro atoms. The second kappa shape index (κ2) is 8.32. The van der Waals surface area contributed by atoms with Crippen LogP contribution in [-0.4, -0.2) is 37.2 Å². The first-order chi connectivity index (χ1) is 10.3. The van der Waals surface area contributed by atoms with Gasteiger partial charge in [0.1, 0.15) is 0 Å². The van der Waals surface area contributed by atoms with Crippen molar-refractivity contribution in [2.45, 2.75) is 6.42 Å². The molecule has 1 aliphatic heterocycles. The molecule has 0 bridgehead atoms. The van der Waals surface area contributed by atoms with Crippen LogP contribution >= 0.6 is 11.8 Å². The second-order valence-electron chi connectivity index (χ2n) is 4.36. The van der Waals surface area contributed by atoms with E-state index in [1.165, 1.54) is 0 Å². The highest BCUT2D eigenvalue weighted by Gasteiger charge is 2.10. The summed E-state index contributed by atoms with van der Waals surface area (Å²) in [7, 11) is 0. The number of fused-ring (bicyclic) bond motifs is 1. The largest absolute Gasteiger partial charge is 0.490 e. The van der Waals surface area contributed by atoms with Crippen LogP contribution < -0.4 is 20.5 Å². The summed E-state index contributed by atoms with van der Waals surface area (Å²) in [6.45, 7) is 1.97. The van der Waals surface area contributed by atoms with Gasteiger partial charge in [0.15, 0.2) is 17.5 Å². The van der Waals surface area contributed by atoms with Gasteiger partial charge in [-0.3, -0.25) is 4.99 Å². The first kappa shape index (κ1) is 15.4. The maximum atomic E-state index is 5.84. The number of hydrogen-bond acceptors (Lipinski definition) is 4. The Labute approximate surface area is 129 Å². The number of nitrogens with two attached hydrogens (primary N) is 1. The van der Waals surface area contributed by atoms with Crippen LogP contribution in [0.15, 0.2) is 23.2 Å². The molecule has 0 radical (unpaired) electrons. The van der Waals surface area contributed by atoms with Crippen LogP contribution in [0.1, 0.15) is 6.42 Å². The van der Waals surface area contributed by atoms with Crippen molar-refractivity contribution >= 4 is 23.4 Å². The number of nitrogens with zero attached hydrogens (tertiary/aromatic N) is 1. The lowest BCUT2D eigenvalue weighted by molar-refractivity contribution is 0.297. The van der Waals surface area contributed by atoms with E-state index in [4.69, 9.17) is 21.6 Å². The van der Waals surface area contributed by atoms with Gasteiger partial charge >= 0.3 is 0 Å². The minimum Gasteiger partial charge on any atom is -0.490 e. The third-order valence-corrected chi connectivity index (χ3v) is 3.57. The summed E-state index contributed by atoms with van der Waals surface area (Å²) < 4.78 is 11.2. The van der Waals surface area contributed by atoms with Crippen molar-refractivity contribution in [3.8, 4) is 23.8 Å². The average Bonchev–Trinajstić information content (AvgIpc) is 2.72. The highest BCUT2D eigenvalue weighted by molar-refractivity contribution is 7.99. The fraction of sp³-hybridized carbons (Fsp3) is 0.400. The number of nitrogens with one attached hydrogen (secondary N) is 1. The van der Waals surface area contributed by atoms with Crippen molar-refractivity contribution in [3.05, 3.63) is 18.2 Å². The SMILES string of the molecule is C#CCSCCN=C(N)Nc1ccc2c(c1)OCCCO2. The topological polar surface area (TPSA) is 68.9 Å². The number of anilines is 1. The molecule has 0 aliphatic carbocycles. The maximum Gasteiger partial charge on any atom is 0.193 e. The average molecular weight is 305 g/mol. The van der Waals surface area contributed by atoms with Gasteiger partial charge in [-0.15, -0.1) is 18.2 Å². The molecule has 0 amide bonds. The van der Waals surface area contributed by atoms with Gasteiger partial charge in [0.2, 0.25) is 0 Å². The molecule has 0 unspecified atom stereocenters. The van der Waals surface area contributed by atoms with Crippen LogP contribution in [0.2, 0.25) is 0 Å². The molecule has 1 aromatic rings. The maximum absolute atomic E-state index is 5.84. The number of hydrogen-bond donors (Lipinski definition) is 2. The molecule has 0 aromatic heterocycles. The highest BCUT2D eigenvalue weighted by Crippen LogP contribution is 2.32. The molecule has 0 atom stereocenters. The van der Waals surface area contributed by atoms with E-state index in [0.29, 0.717) is 31.5 Å². The van der Waals surface area contributed by atoms with Crippen molar-refractivity contribution in [3.63, 3.8) is 0 Å². The lowest BCUT2D eigenvalue weighted by atomic mass is 10.3. The van der Waals surface area contributed by atoms with Crippen LogP contribution in [0.5, 0.6) is 11.5 Å². The molecule has 2 rings (SSSR count). The predicted octanol–water partition coefficient (Wildman–Crippen LogP) is 1.94. The number of aliphatic imine (C=N–C) groups is 1. The molecular formula is C15H19N3O2S. The molecule has 6 heteroatoms. The Hall–Kier alpha value is -2.00. The summed E-state index contributed by atoms with van der Waals surface area (Å²) in [4.78, 5) is 4.24. The minimum atomic E-state index is 0.380. The van der Waals surface area contributed by atoms with Crippen molar-refractivity contribution in [1.29, 1.82) is 0 Å². The van der Waals surface area contributed by atoms with Gasteiger partial charge in [-0.2, -0.15) is 0 Å². The van der Waals surface area contributed by atoms with Crippen LogP contribution in [-0.2, 0) is 0 Å². The van der Waals surface area contributed by atoms with E-state index in [1.54, 1.807) is 11.8 Å². The summed E-state index contributed by atoms with van der Waals surface area (Å²) in [5.41, 5.74) is 6.67. The first-order valence-electron chi connectivity index (χ1n) is 6.77. The lowest BCUT2D eigenvalue weighted by Gasteiger charge is -2.10. The monoisotopic (exact) mass is 305 g/mol. The fourth-order valence-electron chi connectivity index (χ4n) is 1.79. The number of thioether (sulfide) groups is 1. The third kappa shape index (κ3) is 5.12. The van der Waals surface area contributed by atoms with Crippen molar-refractivity contribution in [2.24, 2.45) is 10.7 Å². The minimum absolute atomic E-state index is 0.380. The van der Waals surface area contributed by atoms with E-state index in [9.17, 15) is 0 Å². The standard InChI is InChI=1S/C15H19N3O2S/c1-2-9-21-10-6-17-15(16)18-12-4-5-13-14(11-12)20-8-3-7-19-13/h1,4-5,11H,3,6-10H2,(H3,16,17,18). The molecule has 5 nitrogen and oxygen atoms in total. The third-order valence-electron chi connectivity index (χ3n) is 2.72. The van der Waals surface area contributed by atoms with Crippen LogP contribution in [0, 0.1) is 12.3 Å². The number of terminal acetylenes is 1. The van der Waals surface area contributed by atoms with Gasteiger partial charge in [-0.25, -0.2) is 0 Å².